The average molecular weight is 242 g/mol. The lowest BCUT2D eigenvalue weighted by Gasteiger charge is -2.31. The Morgan fingerprint density at radius 3 is 3.19 bits per heavy atom. The first-order valence-electron chi connectivity index (χ1n) is 5.45. The van der Waals surface area contributed by atoms with Crippen LogP contribution in [0.2, 0.25) is 0 Å². The largest absolute Gasteiger partial charge is 0.480 e. The molecule has 0 amide bonds. The van der Waals surface area contributed by atoms with Crippen LogP contribution in [0.25, 0.3) is 0 Å². The first-order valence-corrected chi connectivity index (χ1v) is 6.27. The Kier molecular flexibility index (Phi) is 3.37. The maximum absolute atomic E-state index is 9.90. The standard InChI is InChI=1S/C11H18N2O2S/c1-7-6-15-11-8(13(7)3)4-10(16-11)9(14)5-12-2/h4,7,9,12,14H,5-6H2,1-3H3. The fourth-order valence-electron chi connectivity index (χ4n) is 1.74. The number of ether oxygens (including phenoxy) is 1. The van der Waals surface area contributed by atoms with Gasteiger partial charge in [0.05, 0.1) is 11.7 Å². The highest BCUT2D eigenvalue weighted by Crippen LogP contribution is 2.42. The van der Waals surface area contributed by atoms with Crippen LogP contribution in [0.1, 0.15) is 17.9 Å². The lowest BCUT2D eigenvalue weighted by molar-refractivity contribution is 0.181. The maximum atomic E-state index is 9.90. The van der Waals surface area contributed by atoms with Gasteiger partial charge in [0.1, 0.15) is 12.7 Å². The second-order valence-electron chi connectivity index (χ2n) is 4.17. The molecule has 0 spiro atoms. The summed E-state index contributed by atoms with van der Waals surface area (Å²) in [6, 6.07) is 2.41. The van der Waals surface area contributed by atoms with E-state index in [0.717, 1.165) is 15.6 Å². The van der Waals surface area contributed by atoms with Gasteiger partial charge in [0.15, 0.2) is 5.06 Å². The summed E-state index contributed by atoms with van der Waals surface area (Å²) in [4.78, 5) is 3.16. The topological polar surface area (TPSA) is 44.7 Å². The van der Waals surface area contributed by atoms with Crippen LogP contribution in [0, 0.1) is 0 Å². The minimum atomic E-state index is -0.451. The van der Waals surface area contributed by atoms with Gasteiger partial charge in [-0.1, -0.05) is 11.3 Å². The zero-order valence-electron chi connectivity index (χ0n) is 9.86. The van der Waals surface area contributed by atoms with E-state index in [0.29, 0.717) is 19.2 Å². The highest BCUT2D eigenvalue weighted by Gasteiger charge is 2.25. The molecule has 0 aromatic carbocycles. The molecule has 0 fully saturated rings. The number of nitrogens with zero attached hydrogens (tertiary/aromatic N) is 1. The molecule has 2 rings (SSSR count). The van der Waals surface area contributed by atoms with Crippen LogP contribution in [0.3, 0.4) is 0 Å². The van der Waals surface area contributed by atoms with Crippen molar-refractivity contribution in [2.75, 3.05) is 32.1 Å². The van der Waals surface area contributed by atoms with Crippen molar-refractivity contribution in [3.8, 4) is 5.06 Å². The predicted octanol–water partition coefficient (Wildman–Crippen LogP) is 1.22. The summed E-state index contributed by atoms with van der Waals surface area (Å²) in [7, 11) is 3.90. The molecule has 16 heavy (non-hydrogen) atoms. The molecule has 1 aromatic rings. The van der Waals surface area contributed by atoms with Crippen molar-refractivity contribution in [3.05, 3.63) is 10.9 Å². The van der Waals surface area contributed by atoms with E-state index in [9.17, 15) is 5.11 Å². The summed E-state index contributed by atoms with van der Waals surface area (Å²) in [5.41, 5.74) is 1.09. The molecular weight excluding hydrogens is 224 g/mol. The van der Waals surface area contributed by atoms with Crippen LogP contribution in [-0.4, -0.2) is 38.4 Å². The molecular formula is C11H18N2O2S. The first-order chi connectivity index (χ1) is 7.63. The third-order valence-electron chi connectivity index (χ3n) is 2.92. The Morgan fingerprint density at radius 2 is 2.50 bits per heavy atom. The van der Waals surface area contributed by atoms with E-state index >= 15 is 0 Å². The quantitative estimate of drug-likeness (QED) is 0.836. The lowest BCUT2D eigenvalue weighted by atomic mass is 10.2. The van der Waals surface area contributed by atoms with E-state index in [1.165, 1.54) is 11.3 Å². The SMILES string of the molecule is CNCC(O)c1cc2c(s1)OCC(C)N2C. The molecule has 1 aromatic heterocycles. The Bertz CT molecular complexity index is 367. The lowest BCUT2D eigenvalue weighted by Crippen LogP contribution is -2.37. The molecule has 2 unspecified atom stereocenters. The van der Waals surface area contributed by atoms with Gasteiger partial charge < -0.3 is 20.1 Å². The van der Waals surface area contributed by atoms with Crippen LogP contribution >= 0.6 is 11.3 Å². The molecule has 2 heterocycles. The van der Waals surface area contributed by atoms with Gasteiger partial charge in [-0.15, -0.1) is 0 Å². The molecule has 2 atom stereocenters. The van der Waals surface area contributed by atoms with Crippen molar-refractivity contribution in [3.63, 3.8) is 0 Å². The van der Waals surface area contributed by atoms with Crippen molar-refractivity contribution in [1.82, 2.24) is 5.32 Å². The molecule has 0 aliphatic carbocycles. The fraction of sp³-hybridized carbons (Fsp3) is 0.636. The van der Waals surface area contributed by atoms with Gasteiger partial charge in [-0.25, -0.2) is 0 Å². The number of rotatable bonds is 3. The van der Waals surface area contributed by atoms with Crippen molar-refractivity contribution < 1.29 is 9.84 Å². The number of aliphatic hydroxyl groups excluding tert-OH is 1. The molecule has 90 valence electrons. The van der Waals surface area contributed by atoms with E-state index in [1.807, 2.05) is 13.1 Å². The van der Waals surface area contributed by atoms with Crippen LogP contribution < -0.4 is 15.0 Å². The molecule has 0 bridgehead atoms. The Hall–Kier alpha value is -0.780. The van der Waals surface area contributed by atoms with Crippen LogP contribution in [-0.2, 0) is 0 Å². The minimum Gasteiger partial charge on any atom is -0.480 e. The third kappa shape index (κ3) is 2.03. The van der Waals surface area contributed by atoms with Crippen molar-refractivity contribution in [2.24, 2.45) is 0 Å². The van der Waals surface area contributed by atoms with Crippen LogP contribution in [0.15, 0.2) is 6.07 Å². The second-order valence-corrected chi connectivity index (χ2v) is 5.21. The number of fused-ring (bicyclic) bond motifs is 1. The van der Waals surface area contributed by atoms with E-state index < -0.39 is 6.10 Å². The number of hydrogen-bond donors (Lipinski definition) is 2. The monoisotopic (exact) mass is 242 g/mol. The Balaban J connectivity index is 2.23. The van der Waals surface area contributed by atoms with Crippen molar-refractivity contribution in [2.45, 2.75) is 19.1 Å². The Labute approximate surface area is 99.8 Å². The van der Waals surface area contributed by atoms with Crippen molar-refractivity contribution in [1.29, 1.82) is 0 Å². The van der Waals surface area contributed by atoms with Crippen molar-refractivity contribution >= 4 is 17.0 Å². The molecule has 5 heteroatoms. The summed E-state index contributed by atoms with van der Waals surface area (Å²) in [5, 5.41) is 13.8. The van der Waals surface area contributed by atoms with Crippen LogP contribution in [0.5, 0.6) is 5.06 Å². The number of aliphatic hydroxyl groups is 1. The van der Waals surface area contributed by atoms with E-state index in [4.69, 9.17) is 4.74 Å². The first kappa shape index (κ1) is 11.7. The maximum Gasteiger partial charge on any atom is 0.198 e. The Morgan fingerprint density at radius 1 is 1.75 bits per heavy atom. The third-order valence-corrected chi connectivity index (χ3v) is 4.06. The van der Waals surface area contributed by atoms with Gasteiger partial charge in [0.25, 0.3) is 0 Å². The van der Waals surface area contributed by atoms with Gasteiger partial charge in [0.2, 0.25) is 0 Å². The number of nitrogens with one attached hydrogen (secondary N) is 1. The predicted molar refractivity (Wildman–Crippen MR) is 66.6 cm³/mol. The smallest absolute Gasteiger partial charge is 0.198 e. The average Bonchev–Trinajstić information content (AvgIpc) is 2.69. The molecule has 4 nitrogen and oxygen atoms in total. The molecule has 0 saturated carbocycles. The van der Waals surface area contributed by atoms with E-state index in [-0.39, 0.29) is 0 Å². The second kappa shape index (κ2) is 4.61. The molecule has 0 saturated heterocycles. The molecule has 1 aliphatic rings. The fourth-order valence-corrected chi connectivity index (χ4v) is 2.77. The van der Waals surface area contributed by atoms with Gasteiger partial charge in [-0.2, -0.15) is 0 Å². The zero-order chi connectivity index (χ0) is 11.7. The summed E-state index contributed by atoms with van der Waals surface area (Å²) >= 11 is 1.54. The summed E-state index contributed by atoms with van der Waals surface area (Å²) in [5.74, 6) is 0. The zero-order valence-corrected chi connectivity index (χ0v) is 10.7. The number of thiophene rings is 1. The highest BCUT2D eigenvalue weighted by atomic mass is 32.1. The molecule has 2 N–H and O–H groups in total. The van der Waals surface area contributed by atoms with E-state index in [1.54, 1.807) is 0 Å². The number of hydrogen-bond acceptors (Lipinski definition) is 5. The van der Waals surface area contributed by atoms with E-state index in [2.05, 4.69) is 24.2 Å². The van der Waals surface area contributed by atoms with Crippen LogP contribution in [0.4, 0.5) is 5.69 Å². The molecule has 0 radical (unpaired) electrons. The summed E-state index contributed by atoms with van der Waals surface area (Å²) in [6.45, 7) is 3.41. The summed E-state index contributed by atoms with van der Waals surface area (Å²) in [6.07, 6.45) is -0.451. The van der Waals surface area contributed by atoms with Gasteiger partial charge in [-0.3, -0.25) is 0 Å². The van der Waals surface area contributed by atoms with Gasteiger partial charge >= 0.3 is 0 Å². The number of anilines is 1. The number of likely N-dealkylation sites (N-methyl/N-ethyl adjacent to an activating group) is 2. The van der Waals surface area contributed by atoms with Gasteiger partial charge in [0, 0.05) is 18.5 Å². The van der Waals surface area contributed by atoms with Gasteiger partial charge in [-0.05, 0) is 20.0 Å². The summed E-state index contributed by atoms with van der Waals surface area (Å²) < 4.78 is 5.66. The molecule has 1 aliphatic heterocycles. The normalized spacial score (nSPS) is 21.5. The minimum absolute atomic E-state index is 0.386. The highest BCUT2D eigenvalue weighted by molar-refractivity contribution is 7.14.